The number of benzene rings is 2. The van der Waals surface area contributed by atoms with E-state index in [1.54, 1.807) is 12.1 Å². The molecule has 186 valence electrons. The molecule has 0 bridgehead atoms. The topological polar surface area (TPSA) is 124 Å². The molecule has 0 amide bonds. The Labute approximate surface area is 202 Å². The quantitative estimate of drug-likeness (QED) is 0.516. The van der Waals surface area contributed by atoms with Gasteiger partial charge in [-0.1, -0.05) is 18.2 Å². The molecule has 0 aliphatic carbocycles. The van der Waals surface area contributed by atoms with E-state index >= 15 is 0 Å². The van der Waals surface area contributed by atoms with Crippen LogP contribution in [0.2, 0.25) is 0 Å². The van der Waals surface area contributed by atoms with Crippen LogP contribution in [0.15, 0.2) is 64.6 Å². The Bertz CT molecular complexity index is 1430. The Morgan fingerprint density at radius 1 is 1.28 bits per heavy atom. The molecule has 1 aromatic heterocycles. The van der Waals surface area contributed by atoms with E-state index in [1.807, 2.05) is 6.07 Å². The summed E-state index contributed by atoms with van der Waals surface area (Å²) < 4.78 is 46.7. The molecule has 4 rings (SSSR count). The van der Waals surface area contributed by atoms with Gasteiger partial charge < -0.3 is 9.84 Å². The average molecular weight is 499 g/mol. The van der Waals surface area contributed by atoms with Gasteiger partial charge in [-0.25, -0.2) is 19.3 Å². The molecule has 0 saturated heterocycles. The molecule has 2 aromatic carbocycles. The lowest BCUT2D eigenvalue weighted by Crippen LogP contribution is -2.38. The fraction of sp³-hybridized carbons (Fsp3) is 0.250. The summed E-state index contributed by atoms with van der Waals surface area (Å²) in [4.78, 5) is 27.4. The lowest BCUT2D eigenvalue weighted by atomic mass is 9.93. The summed E-state index contributed by atoms with van der Waals surface area (Å²) in [5, 5.41) is 25.1. The van der Waals surface area contributed by atoms with Gasteiger partial charge in [0.1, 0.15) is 12.6 Å². The number of anilines is 2. The Kier molecular flexibility index (Phi) is 6.43. The minimum absolute atomic E-state index is 0.0154. The van der Waals surface area contributed by atoms with Crippen LogP contribution in [0.5, 0.6) is 0 Å². The van der Waals surface area contributed by atoms with E-state index < -0.39 is 35.5 Å². The van der Waals surface area contributed by atoms with Crippen molar-refractivity contribution in [3.05, 3.63) is 87.0 Å². The number of nitrogens with zero attached hydrogens (tertiary/aromatic N) is 4. The third kappa shape index (κ3) is 4.48. The molecule has 2 heterocycles. The molecule has 9 nitrogen and oxygen atoms in total. The summed E-state index contributed by atoms with van der Waals surface area (Å²) in [5.74, 6) is -0.920. The number of nitriles is 1. The zero-order valence-electron chi connectivity index (χ0n) is 19.1. The van der Waals surface area contributed by atoms with Crippen molar-refractivity contribution in [2.45, 2.75) is 32.2 Å². The predicted octanol–water partition coefficient (Wildman–Crippen LogP) is 3.40. The second-order valence-corrected chi connectivity index (χ2v) is 8.17. The zero-order valence-corrected chi connectivity index (χ0v) is 19.1. The monoisotopic (exact) mass is 499 g/mol. The molecule has 2 atom stereocenters. The normalized spacial score (nSPS) is 16.4. The first kappa shape index (κ1) is 24.7. The van der Waals surface area contributed by atoms with E-state index in [2.05, 4.69) is 10.2 Å². The molecule has 3 aromatic rings. The number of carbonyl (C=O) groups is 1. The summed E-state index contributed by atoms with van der Waals surface area (Å²) in [6.07, 6.45) is -5.60. The summed E-state index contributed by atoms with van der Waals surface area (Å²) in [7, 11) is 0. The number of H-pyrrole nitrogens is 1. The predicted molar refractivity (Wildman–Crippen MR) is 121 cm³/mol. The molecule has 1 aliphatic heterocycles. The first-order chi connectivity index (χ1) is 17.0. The van der Waals surface area contributed by atoms with Crippen LogP contribution in [0.4, 0.5) is 24.8 Å². The minimum Gasteiger partial charge on any atom is -0.459 e. The maximum Gasteiger partial charge on any atom is 0.416 e. The average Bonchev–Trinajstić information content (AvgIpc) is 3.22. The van der Waals surface area contributed by atoms with Gasteiger partial charge in [-0.3, -0.25) is 4.90 Å². The molecular formula is C24H20F3N5O4. The number of ether oxygens (including phenoxy) is 1. The van der Waals surface area contributed by atoms with Crippen molar-refractivity contribution in [3.63, 3.8) is 0 Å². The summed E-state index contributed by atoms with van der Waals surface area (Å²) >= 11 is 0. The second-order valence-electron chi connectivity index (χ2n) is 8.17. The maximum absolute atomic E-state index is 13.4. The van der Waals surface area contributed by atoms with Gasteiger partial charge in [-0.2, -0.15) is 18.4 Å². The lowest BCUT2D eigenvalue weighted by molar-refractivity contribution is -0.142. The molecule has 1 unspecified atom stereocenters. The number of rotatable bonds is 5. The van der Waals surface area contributed by atoms with E-state index in [0.717, 1.165) is 16.7 Å². The number of allylic oxidation sites excluding steroid dienone is 1. The highest BCUT2D eigenvalue weighted by Crippen LogP contribution is 2.42. The van der Waals surface area contributed by atoms with Gasteiger partial charge in [0.05, 0.1) is 28.9 Å². The number of aliphatic hydroxyl groups excluding tert-OH is 1. The summed E-state index contributed by atoms with van der Waals surface area (Å²) in [6, 6.07) is 11.4. The van der Waals surface area contributed by atoms with Gasteiger partial charge >= 0.3 is 17.8 Å². The van der Waals surface area contributed by atoms with E-state index in [4.69, 9.17) is 10.00 Å². The first-order valence-electron chi connectivity index (χ1n) is 10.7. The molecule has 12 heteroatoms. The van der Waals surface area contributed by atoms with Crippen LogP contribution in [0.1, 0.15) is 36.6 Å². The highest BCUT2D eigenvalue weighted by molar-refractivity contribution is 5.93. The van der Waals surface area contributed by atoms with Crippen LogP contribution in [0.3, 0.4) is 0 Å². The number of aromatic nitrogens is 3. The zero-order chi connectivity index (χ0) is 26.2. The van der Waals surface area contributed by atoms with Crippen molar-refractivity contribution >= 4 is 17.6 Å². The van der Waals surface area contributed by atoms with Crippen LogP contribution in [-0.4, -0.2) is 38.6 Å². The number of aliphatic hydroxyl groups is 1. The molecular weight excluding hydrogens is 479 g/mol. The number of halogens is 3. The van der Waals surface area contributed by atoms with Crippen LogP contribution < -0.4 is 10.6 Å². The summed E-state index contributed by atoms with van der Waals surface area (Å²) in [6.45, 7) is 2.58. The maximum atomic E-state index is 13.4. The molecule has 0 spiro atoms. The molecule has 0 radical (unpaired) electrons. The van der Waals surface area contributed by atoms with E-state index in [9.17, 15) is 27.9 Å². The van der Waals surface area contributed by atoms with E-state index in [-0.39, 0.29) is 29.5 Å². The fourth-order valence-corrected chi connectivity index (χ4v) is 4.00. The Morgan fingerprint density at radius 3 is 2.58 bits per heavy atom. The second kappa shape index (κ2) is 9.35. The van der Waals surface area contributed by atoms with Crippen molar-refractivity contribution < 1.29 is 27.8 Å². The van der Waals surface area contributed by atoms with Crippen LogP contribution in [0.25, 0.3) is 0 Å². The van der Waals surface area contributed by atoms with Crippen molar-refractivity contribution in [2.24, 2.45) is 0 Å². The summed E-state index contributed by atoms with van der Waals surface area (Å²) in [5.41, 5.74) is -0.722. The molecule has 2 N–H and O–H groups in total. The van der Waals surface area contributed by atoms with Gasteiger partial charge in [0.15, 0.2) is 0 Å². The fourth-order valence-electron chi connectivity index (χ4n) is 4.00. The largest absolute Gasteiger partial charge is 0.459 e. The number of hydrogen-bond acceptors (Lipinski definition) is 7. The van der Waals surface area contributed by atoms with Crippen molar-refractivity contribution in [3.8, 4) is 6.07 Å². The third-order valence-corrected chi connectivity index (χ3v) is 5.61. The molecule has 0 fully saturated rings. The van der Waals surface area contributed by atoms with Gasteiger partial charge in [0.25, 0.3) is 0 Å². The number of nitrogens with one attached hydrogen (secondary N) is 1. The smallest absolute Gasteiger partial charge is 0.416 e. The number of alkyl halides is 3. The van der Waals surface area contributed by atoms with Crippen molar-refractivity contribution in [1.82, 2.24) is 14.8 Å². The molecule has 36 heavy (non-hydrogen) atoms. The van der Waals surface area contributed by atoms with Gasteiger partial charge in [-0.05, 0) is 49.7 Å². The lowest BCUT2D eigenvalue weighted by Gasteiger charge is -2.35. The molecule has 1 aliphatic rings. The number of aromatic amines is 1. The van der Waals surface area contributed by atoms with Gasteiger partial charge in [-0.15, -0.1) is 5.10 Å². The standard InChI is InChI=1S/C24H20F3N5O4/c1-13(33)12-36-21(34)19-14(2)31(18-5-3-4-17(10-18)24(25,26)27)22-29-30-23(35)32(22)20(19)16-8-6-15(11-28)7-9-16/h3-10,13,20,33H,12H2,1-2H3,(H,30,35)/t13?,20-/m1/s1. The first-order valence-corrected chi connectivity index (χ1v) is 10.7. The number of hydrogen-bond donors (Lipinski definition) is 2. The Hall–Kier alpha value is -4.37. The van der Waals surface area contributed by atoms with Gasteiger partial charge in [0.2, 0.25) is 5.95 Å². The highest BCUT2D eigenvalue weighted by Gasteiger charge is 2.40. The highest BCUT2D eigenvalue weighted by atomic mass is 19.4. The third-order valence-electron chi connectivity index (χ3n) is 5.61. The van der Waals surface area contributed by atoms with Crippen LogP contribution in [0, 0.1) is 11.3 Å². The van der Waals surface area contributed by atoms with E-state index in [0.29, 0.717) is 11.1 Å². The number of fused-ring (bicyclic) bond motifs is 1. The van der Waals surface area contributed by atoms with Crippen molar-refractivity contribution in [2.75, 3.05) is 11.5 Å². The Balaban J connectivity index is 1.96. The number of carbonyl (C=O) groups excluding carboxylic acids is 1. The minimum atomic E-state index is -4.63. The van der Waals surface area contributed by atoms with Crippen LogP contribution in [-0.2, 0) is 15.7 Å². The van der Waals surface area contributed by atoms with E-state index in [1.165, 1.54) is 43.0 Å². The van der Waals surface area contributed by atoms with Crippen molar-refractivity contribution in [1.29, 1.82) is 5.26 Å². The van der Waals surface area contributed by atoms with Crippen LogP contribution >= 0.6 is 0 Å². The Morgan fingerprint density at radius 2 is 1.97 bits per heavy atom. The SMILES string of the molecule is CC1=C(C(=O)OCC(C)O)[C@@H](c2ccc(C#N)cc2)n2c(n[nH]c2=O)N1c1cccc(C(F)(F)F)c1. The van der Waals surface area contributed by atoms with Gasteiger partial charge in [0, 0.05) is 11.4 Å². The number of esters is 1. The molecule has 0 saturated carbocycles.